The maximum Gasteiger partial charge on any atom is 0.407 e. The normalized spacial score (nSPS) is 16.6. The van der Waals surface area contributed by atoms with Gasteiger partial charge in [0.25, 0.3) is 0 Å². The van der Waals surface area contributed by atoms with Crippen LogP contribution in [0.3, 0.4) is 0 Å². The van der Waals surface area contributed by atoms with Gasteiger partial charge >= 0.3 is 6.09 Å². The van der Waals surface area contributed by atoms with Crippen molar-refractivity contribution in [2.24, 2.45) is 4.99 Å². The second-order valence-electron chi connectivity index (χ2n) is 8.35. The number of hydrogen-bond donors (Lipinski definition) is 2. The molecule has 1 atom stereocenters. The van der Waals surface area contributed by atoms with Gasteiger partial charge in [-0.25, -0.2) is 14.8 Å². The van der Waals surface area contributed by atoms with E-state index in [9.17, 15) is 4.79 Å². The maximum absolute atomic E-state index is 12.1. The Morgan fingerprint density at radius 3 is 2.77 bits per heavy atom. The summed E-state index contributed by atoms with van der Waals surface area (Å²) >= 11 is 0. The van der Waals surface area contributed by atoms with Crippen molar-refractivity contribution in [1.29, 1.82) is 0 Å². The molecule has 1 saturated heterocycles. The first kappa shape index (κ1) is 25.0. The number of imidazole rings is 1. The number of aliphatic imine (C=N–C) groups is 1. The zero-order chi connectivity index (χ0) is 21.6. The number of rotatable bonds is 5. The molecule has 9 heteroatoms. The Labute approximate surface area is 201 Å². The number of alkyl carbamates (subject to hydrolysis) is 1. The zero-order valence-corrected chi connectivity index (χ0v) is 21.0. The second kappa shape index (κ2) is 11.4. The first-order chi connectivity index (χ1) is 14.4. The number of para-hydroxylation sites is 1. The monoisotopic (exact) mass is 540 g/mol. The predicted molar refractivity (Wildman–Crippen MR) is 133 cm³/mol. The highest BCUT2D eigenvalue weighted by molar-refractivity contribution is 14.0. The van der Waals surface area contributed by atoms with E-state index >= 15 is 0 Å². The third-order valence-electron chi connectivity index (χ3n) is 4.72. The molecular weight excluding hydrogens is 507 g/mol. The lowest BCUT2D eigenvalue weighted by molar-refractivity contribution is 0.0507. The van der Waals surface area contributed by atoms with Gasteiger partial charge in [-0.1, -0.05) is 18.2 Å². The fourth-order valence-electron chi connectivity index (χ4n) is 3.43. The fraction of sp³-hybridized carbons (Fsp3) is 0.500. The molecule has 1 unspecified atom stereocenters. The number of guanidine groups is 1. The van der Waals surface area contributed by atoms with Crippen LogP contribution < -0.4 is 10.6 Å². The number of carbonyl (C=O) groups excluding carboxylic acids is 1. The molecule has 31 heavy (non-hydrogen) atoms. The molecule has 170 valence electrons. The molecule has 0 radical (unpaired) electrons. The minimum absolute atomic E-state index is 0. The van der Waals surface area contributed by atoms with E-state index < -0.39 is 5.60 Å². The van der Waals surface area contributed by atoms with Gasteiger partial charge in [0.05, 0.1) is 24.6 Å². The fourth-order valence-corrected chi connectivity index (χ4v) is 3.43. The molecule has 0 aliphatic carbocycles. The molecule has 1 aliphatic rings. The first-order valence-electron chi connectivity index (χ1n) is 10.4. The molecule has 2 heterocycles. The van der Waals surface area contributed by atoms with Crippen LogP contribution in [0.25, 0.3) is 5.69 Å². The van der Waals surface area contributed by atoms with Gasteiger partial charge in [-0.05, 0) is 45.7 Å². The van der Waals surface area contributed by atoms with E-state index in [1.165, 1.54) is 0 Å². The summed E-state index contributed by atoms with van der Waals surface area (Å²) in [6.07, 6.45) is 5.98. The van der Waals surface area contributed by atoms with E-state index in [0.717, 1.165) is 36.7 Å². The van der Waals surface area contributed by atoms with E-state index in [1.807, 2.05) is 43.7 Å². The quantitative estimate of drug-likeness (QED) is 0.345. The molecule has 1 aliphatic heterocycles. The molecule has 1 fully saturated rings. The maximum atomic E-state index is 12.1. The number of nitrogens with zero attached hydrogens (tertiary/aromatic N) is 4. The van der Waals surface area contributed by atoms with Crippen LogP contribution in [-0.2, 0) is 11.3 Å². The Bertz CT molecular complexity index is 863. The number of halogens is 1. The lowest BCUT2D eigenvalue weighted by Gasteiger charge is -2.23. The van der Waals surface area contributed by atoms with Gasteiger partial charge in [0.2, 0.25) is 0 Å². The number of amides is 1. The summed E-state index contributed by atoms with van der Waals surface area (Å²) in [4.78, 5) is 23.3. The summed E-state index contributed by atoms with van der Waals surface area (Å²) in [7, 11) is 0. The molecule has 0 spiro atoms. The summed E-state index contributed by atoms with van der Waals surface area (Å²) in [5.74, 6) is 0.853. The van der Waals surface area contributed by atoms with E-state index in [0.29, 0.717) is 13.1 Å². The number of nitrogens with one attached hydrogen (secondary N) is 2. The Hall–Kier alpha value is -2.30. The third-order valence-corrected chi connectivity index (χ3v) is 4.72. The van der Waals surface area contributed by atoms with E-state index in [4.69, 9.17) is 9.73 Å². The zero-order valence-electron chi connectivity index (χ0n) is 18.7. The predicted octanol–water partition coefficient (Wildman–Crippen LogP) is 3.55. The number of benzene rings is 1. The minimum atomic E-state index is -0.499. The molecule has 8 nitrogen and oxygen atoms in total. The molecule has 1 aromatic heterocycles. The van der Waals surface area contributed by atoms with Gasteiger partial charge in [0.1, 0.15) is 5.60 Å². The van der Waals surface area contributed by atoms with Crippen LogP contribution in [0.1, 0.15) is 39.7 Å². The third kappa shape index (κ3) is 7.41. The molecule has 3 rings (SSSR count). The van der Waals surface area contributed by atoms with Crippen molar-refractivity contribution in [3.8, 4) is 5.69 Å². The van der Waals surface area contributed by atoms with Crippen LogP contribution >= 0.6 is 24.0 Å². The molecule has 2 N–H and O–H groups in total. The van der Waals surface area contributed by atoms with Crippen molar-refractivity contribution in [3.05, 3.63) is 48.5 Å². The lowest BCUT2D eigenvalue weighted by Crippen LogP contribution is -2.44. The number of carbonyl (C=O) groups is 1. The van der Waals surface area contributed by atoms with Gasteiger partial charge in [-0.3, -0.25) is 0 Å². The van der Waals surface area contributed by atoms with Crippen LogP contribution in [0.2, 0.25) is 0 Å². The smallest absolute Gasteiger partial charge is 0.407 e. The van der Waals surface area contributed by atoms with Crippen molar-refractivity contribution >= 4 is 36.0 Å². The number of likely N-dealkylation sites (tertiary alicyclic amines) is 1. The number of hydrogen-bond acceptors (Lipinski definition) is 4. The molecule has 2 aromatic rings. The SMILES string of the molecule is CCNC(=NCc1ccccc1-n1ccnc1)N1CCC(NC(=O)OC(C)(C)C)C1.I. The lowest BCUT2D eigenvalue weighted by atomic mass is 10.2. The number of aromatic nitrogens is 2. The van der Waals surface area contributed by atoms with Crippen LogP contribution in [0.15, 0.2) is 48.0 Å². The Balaban J connectivity index is 0.00000341. The average molecular weight is 540 g/mol. The van der Waals surface area contributed by atoms with Gasteiger partial charge in [0, 0.05) is 32.0 Å². The van der Waals surface area contributed by atoms with Crippen molar-refractivity contribution < 1.29 is 9.53 Å². The Kier molecular flexibility index (Phi) is 9.15. The largest absolute Gasteiger partial charge is 0.444 e. The summed E-state index contributed by atoms with van der Waals surface area (Å²) in [6, 6.07) is 8.23. The molecule has 1 aromatic carbocycles. The standard InChI is InChI=1S/C22H32N6O2.HI/c1-5-24-20(27-12-10-18(15-27)26-21(29)30-22(2,3)4)25-14-17-8-6-7-9-19(17)28-13-11-23-16-28;/h6-9,11,13,16,18H,5,10,12,14-15H2,1-4H3,(H,24,25)(H,26,29);1H. The van der Waals surface area contributed by atoms with Crippen LogP contribution in [0, 0.1) is 0 Å². The summed E-state index contributed by atoms with van der Waals surface area (Å²) in [6.45, 7) is 10.5. The Morgan fingerprint density at radius 1 is 1.32 bits per heavy atom. The first-order valence-corrected chi connectivity index (χ1v) is 10.4. The highest BCUT2D eigenvalue weighted by Crippen LogP contribution is 2.16. The topological polar surface area (TPSA) is 83.8 Å². The number of ether oxygens (including phenoxy) is 1. The van der Waals surface area contributed by atoms with Gasteiger partial charge < -0.3 is 24.8 Å². The van der Waals surface area contributed by atoms with E-state index in [1.54, 1.807) is 12.5 Å². The van der Waals surface area contributed by atoms with Crippen molar-refractivity contribution in [3.63, 3.8) is 0 Å². The molecule has 0 bridgehead atoms. The van der Waals surface area contributed by atoms with Crippen molar-refractivity contribution in [1.82, 2.24) is 25.1 Å². The summed E-state index contributed by atoms with van der Waals surface area (Å²) in [5, 5.41) is 6.34. The highest BCUT2D eigenvalue weighted by atomic mass is 127. The van der Waals surface area contributed by atoms with Crippen LogP contribution in [-0.4, -0.2) is 57.8 Å². The average Bonchev–Trinajstić information content (AvgIpc) is 3.36. The molecule has 0 saturated carbocycles. The van der Waals surface area contributed by atoms with Crippen LogP contribution in [0.4, 0.5) is 4.79 Å². The molecular formula is C22H33IN6O2. The Morgan fingerprint density at radius 2 is 2.10 bits per heavy atom. The van der Waals surface area contributed by atoms with Crippen LogP contribution in [0.5, 0.6) is 0 Å². The molecule has 1 amide bonds. The van der Waals surface area contributed by atoms with E-state index in [-0.39, 0.29) is 36.1 Å². The van der Waals surface area contributed by atoms with Crippen molar-refractivity contribution in [2.75, 3.05) is 19.6 Å². The highest BCUT2D eigenvalue weighted by Gasteiger charge is 2.27. The van der Waals surface area contributed by atoms with Crippen molar-refractivity contribution in [2.45, 2.75) is 52.3 Å². The van der Waals surface area contributed by atoms with Gasteiger partial charge in [-0.2, -0.15) is 0 Å². The van der Waals surface area contributed by atoms with E-state index in [2.05, 4.69) is 39.6 Å². The van der Waals surface area contributed by atoms with Gasteiger partial charge in [-0.15, -0.1) is 24.0 Å². The second-order valence-corrected chi connectivity index (χ2v) is 8.35. The minimum Gasteiger partial charge on any atom is -0.444 e. The van der Waals surface area contributed by atoms with Gasteiger partial charge in [0.15, 0.2) is 5.96 Å². The summed E-state index contributed by atoms with van der Waals surface area (Å²) in [5.41, 5.74) is 1.69. The summed E-state index contributed by atoms with van der Waals surface area (Å²) < 4.78 is 7.37.